The predicted molar refractivity (Wildman–Crippen MR) is 162 cm³/mol. The first-order chi connectivity index (χ1) is 17.4. The Hall–Kier alpha value is -1.12. The van der Waals surface area contributed by atoms with Crippen LogP contribution in [0, 0.1) is 23.2 Å². The molecule has 5 unspecified atom stereocenters. The second-order valence-electron chi connectivity index (χ2n) is 13.6. The molecule has 2 N–H and O–H groups in total. The van der Waals surface area contributed by atoms with E-state index < -0.39 is 11.7 Å². The first-order valence-electron chi connectivity index (χ1n) is 15.5. The van der Waals surface area contributed by atoms with Crippen LogP contribution in [0.1, 0.15) is 138 Å². The van der Waals surface area contributed by atoms with E-state index in [0.717, 1.165) is 24.7 Å². The van der Waals surface area contributed by atoms with Gasteiger partial charge in [0.1, 0.15) is 0 Å². The van der Waals surface area contributed by atoms with Crippen LogP contribution >= 0.6 is 0 Å². The lowest BCUT2D eigenvalue weighted by atomic mass is 9.60. The van der Waals surface area contributed by atoms with Gasteiger partial charge >= 0.3 is 0 Å². The summed E-state index contributed by atoms with van der Waals surface area (Å²) in [7, 11) is 0. The van der Waals surface area contributed by atoms with Crippen LogP contribution in [0.3, 0.4) is 0 Å². The van der Waals surface area contributed by atoms with Crippen LogP contribution in [0.2, 0.25) is 0 Å². The van der Waals surface area contributed by atoms with Gasteiger partial charge in [-0.1, -0.05) is 62.6 Å². The summed E-state index contributed by atoms with van der Waals surface area (Å²) < 4.78 is 0. The van der Waals surface area contributed by atoms with Crippen molar-refractivity contribution in [2.75, 3.05) is 0 Å². The van der Waals surface area contributed by atoms with Crippen molar-refractivity contribution >= 4 is 0 Å². The molecule has 2 heteroatoms. The molecule has 0 saturated heterocycles. The molecule has 0 radical (unpaired) electrons. The molecule has 0 spiro atoms. The quantitative estimate of drug-likeness (QED) is 0.286. The van der Waals surface area contributed by atoms with Crippen molar-refractivity contribution in [2.24, 2.45) is 23.2 Å². The minimum Gasteiger partial charge on any atom is -0.393 e. The lowest BCUT2D eigenvalue weighted by Gasteiger charge is -2.44. The largest absolute Gasteiger partial charge is 0.393 e. The molecule has 0 bridgehead atoms. The molecular weight excluding hydrogens is 452 g/mol. The van der Waals surface area contributed by atoms with Gasteiger partial charge in [0.05, 0.1) is 11.7 Å². The Morgan fingerprint density at radius 2 is 1.81 bits per heavy atom. The fourth-order valence-electron chi connectivity index (χ4n) is 7.43. The summed E-state index contributed by atoms with van der Waals surface area (Å²) >= 11 is 0. The van der Waals surface area contributed by atoms with Gasteiger partial charge in [0.15, 0.2) is 0 Å². The number of rotatable bonds is 10. The topological polar surface area (TPSA) is 40.5 Å². The monoisotopic (exact) mass is 512 g/mol. The van der Waals surface area contributed by atoms with Gasteiger partial charge in [-0.25, -0.2) is 0 Å². The number of allylic oxidation sites excluding steroid dienone is 6. The Bertz CT molecular complexity index is 795. The van der Waals surface area contributed by atoms with E-state index >= 15 is 0 Å². The van der Waals surface area contributed by atoms with Crippen molar-refractivity contribution in [1.82, 2.24) is 0 Å². The van der Waals surface area contributed by atoms with E-state index in [1.807, 2.05) is 0 Å². The second-order valence-corrected chi connectivity index (χ2v) is 13.6. The van der Waals surface area contributed by atoms with Gasteiger partial charge in [-0.2, -0.15) is 0 Å². The van der Waals surface area contributed by atoms with Gasteiger partial charge in [-0.15, -0.1) is 6.58 Å². The molecule has 212 valence electrons. The highest BCUT2D eigenvalue weighted by atomic mass is 16.3. The van der Waals surface area contributed by atoms with Gasteiger partial charge in [-0.05, 0) is 133 Å². The second kappa shape index (κ2) is 14.9. The fourth-order valence-corrected chi connectivity index (χ4v) is 7.43. The molecule has 3 saturated carbocycles. The van der Waals surface area contributed by atoms with Crippen LogP contribution in [0.15, 0.2) is 47.6 Å². The average Bonchev–Trinajstić information content (AvgIpc) is 3.17. The third-order valence-corrected chi connectivity index (χ3v) is 9.50. The molecule has 0 aromatic carbocycles. The Morgan fingerprint density at radius 3 is 2.41 bits per heavy atom. The van der Waals surface area contributed by atoms with E-state index in [1.54, 1.807) is 19.4 Å². The molecule has 3 rings (SSSR count). The highest BCUT2D eigenvalue weighted by Gasteiger charge is 2.50. The molecule has 2 nitrogen and oxygen atoms in total. The Labute approximate surface area is 230 Å². The molecule has 3 fully saturated rings. The number of aliphatic hydroxyl groups excluding tert-OH is 1. The van der Waals surface area contributed by atoms with Crippen molar-refractivity contribution < 1.29 is 10.2 Å². The third-order valence-electron chi connectivity index (χ3n) is 9.50. The highest BCUT2D eigenvalue weighted by Crippen LogP contribution is 2.60. The molecule has 0 aliphatic heterocycles. The molecular formula is C35H60O2. The van der Waals surface area contributed by atoms with E-state index in [4.69, 9.17) is 0 Å². The Balaban J connectivity index is 0.000000604. The lowest BCUT2D eigenvalue weighted by Crippen LogP contribution is -2.36. The summed E-state index contributed by atoms with van der Waals surface area (Å²) in [5.74, 6) is 2.11. The van der Waals surface area contributed by atoms with E-state index in [-0.39, 0.29) is 0 Å². The van der Waals surface area contributed by atoms with E-state index in [0.29, 0.717) is 17.8 Å². The number of hydrogen-bond donors (Lipinski definition) is 2. The van der Waals surface area contributed by atoms with Crippen molar-refractivity contribution in [1.29, 1.82) is 0 Å². The zero-order valence-electron chi connectivity index (χ0n) is 25.4. The maximum absolute atomic E-state index is 10.3. The van der Waals surface area contributed by atoms with Crippen molar-refractivity contribution in [3.05, 3.63) is 47.6 Å². The van der Waals surface area contributed by atoms with Crippen molar-refractivity contribution in [3.8, 4) is 0 Å². The molecule has 0 heterocycles. The zero-order valence-corrected chi connectivity index (χ0v) is 25.4. The Kier molecular flexibility index (Phi) is 12.9. The van der Waals surface area contributed by atoms with E-state index in [1.165, 1.54) is 93.8 Å². The molecule has 3 aliphatic carbocycles. The summed E-state index contributed by atoms with van der Waals surface area (Å²) in [6.07, 6.45) is 22.2. The first kappa shape index (κ1) is 32.1. The summed E-state index contributed by atoms with van der Waals surface area (Å²) in [4.78, 5) is 0. The first-order valence-corrected chi connectivity index (χ1v) is 15.5. The number of hydrogen-bond acceptors (Lipinski definition) is 2. The van der Waals surface area contributed by atoms with Crippen LogP contribution in [0.25, 0.3) is 0 Å². The predicted octanol–water partition coefficient (Wildman–Crippen LogP) is 9.88. The standard InChI is InChI=1S/C28H46O2.C7H14/c1-20-9-6-7-10-22(20)13-14-23-11-8-18-28(5)25(16-17-26(23)28)21(2)12-15-24(29)19-27(3,4)30;1-4-5-6-7(2)3/h13-14,21,24-26,29-30H,1,6-12,15-19H2,2-5H3;2,4-6H2,1,3H3/b22-13-,23-14+;. The van der Waals surface area contributed by atoms with Crippen LogP contribution in [-0.2, 0) is 0 Å². The molecule has 0 aromatic heterocycles. The van der Waals surface area contributed by atoms with Gasteiger partial charge in [0, 0.05) is 6.42 Å². The lowest BCUT2D eigenvalue weighted by molar-refractivity contribution is 0.0106. The van der Waals surface area contributed by atoms with Gasteiger partial charge < -0.3 is 10.2 Å². The van der Waals surface area contributed by atoms with Crippen molar-refractivity contribution in [3.63, 3.8) is 0 Å². The summed E-state index contributed by atoms with van der Waals surface area (Å²) in [6.45, 7) is 20.9. The Morgan fingerprint density at radius 1 is 1.11 bits per heavy atom. The number of fused-ring (bicyclic) bond motifs is 1. The van der Waals surface area contributed by atoms with Gasteiger partial charge in [0.2, 0.25) is 0 Å². The maximum Gasteiger partial charge on any atom is 0.0616 e. The van der Waals surface area contributed by atoms with E-state index in [2.05, 4.69) is 53.0 Å². The fraction of sp³-hybridized carbons (Fsp3) is 0.771. The van der Waals surface area contributed by atoms with Crippen molar-refractivity contribution in [2.45, 2.75) is 150 Å². The molecule has 0 aromatic rings. The van der Waals surface area contributed by atoms with Gasteiger partial charge in [-0.3, -0.25) is 0 Å². The van der Waals surface area contributed by atoms with Crippen LogP contribution in [0.4, 0.5) is 0 Å². The summed E-state index contributed by atoms with van der Waals surface area (Å²) in [5.41, 5.74) is 5.47. The molecule has 0 amide bonds. The summed E-state index contributed by atoms with van der Waals surface area (Å²) in [5, 5.41) is 20.3. The zero-order chi connectivity index (χ0) is 27.6. The minimum absolute atomic E-state index is 0.394. The normalized spacial score (nSPS) is 30.0. The summed E-state index contributed by atoms with van der Waals surface area (Å²) in [6, 6.07) is 0. The van der Waals surface area contributed by atoms with Gasteiger partial charge in [0.25, 0.3) is 0 Å². The average molecular weight is 513 g/mol. The van der Waals surface area contributed by atoms with E-state index in [9.17, 15) is 10.2 Å². The maximum atomic E-state index is 10.3. The third kappa shape index (κ3) is 10.2. The SMILES string of the molecule is C=C(C)CCCC.C=C1CCCC/C1=C/C=C1\CCCC2(C)C1CCC2C(C)CCC(O)CC(C)(C)O. The molecule has 5 atom stereocenters. The highest BCUT2D eigenvalue weighted by molar-refractivity contribution is 5.35. The minimum atomic E-state index is -0.783. The molecule has 37 heavy (non-hydrogen) atoms. The number of unbranched alkanes of at least 4 members (excludes halogenated alkanes) is 1. The number of aliphatic hydroxyl groups is 2. The smallest absolute Gasteiger partial charge is 0.0616 e. The van der Waals surface area contributed by atoms with Crippen LogP contribution in [-0.4, -0.2) is 21.9 Å². The van der Waals surface area contributed by atoms with Crippen LogP contribution < -0.4 is 0 Å². The van der Waals surface area contributed by atoms with Crippen LogP contribution in [0.5, 0.6) is 0 Å². The molecule has 3 aliphatic rings.